The number of carboxylic acids is 1. The van der Waals surface area contributed by atoms with Crippen molar-refractivity contribution in [1.29, 1.82) is 0 Å². The molecule has 1 saturated carbocycles. The summed E-state index contributed by atoms with van der Waals surface area (Å²) in [5.74, 6) is -0.923. The third-order valence-electron chi connectivity index (χ3n) is 7.24. The zero-order valence-electron chi connectivity index (χ0n) is 19.6. The molecule has 3 aromatic rings. The molecule has 1 aliphatic heterocycles. The summed E-state index contributed by atoms with van der Waals surface area (Å²) >= 11 is 5.91. The average Bonchev–Trinajstić information content (AvgIpc) is 3.35. The summed E-state index contributed by atoms with van der Waals surface area (Å²) in [5, 5.41) is 13.9. The molecule has 1 aliphatic carbocycles. The Balaban J connectivity index is 1.62. The van der Waals surface area contributed by atoms with E-state index in [-0.39, 0.29) is 17.6 Å². The van der Waals surface area contributed by atoms with Crippen LogP contribution in [0.25, 0.3) is 5.69 Å². The van der Waals surface area contributed by atoms with Crippen LogP contribution in [0.15, 0.2) is 54.7 Å². The molecule has 0 radical (unpaired) electrons. The summed E-state index contributed by atoms with van der Waals surface area (Å²) in [6.45, 7) is 4.19. The topological polar surface area (TPSA) is 70.4 Å². The quantitative estimate of drug-likeness (QED) is 0.477. The van der Waals surface area contributed by atoms with Crippen molar-refractivity contribution in [2.45, 2.75) is 64.1 Å². The predicted octanol–water partition coefficient (Wildman–Crippen LogP) is 5.49. The zero-order chi connectivity index (χ0) is 23.8. The van der Waals surface area contributed by atoms with Crippen molar-refractivity contribution in [3.05, 3.63) is 82.9 Å². The fourth-order valence-electron chi connectivity index (χ4n) is 5.71. The molecule has 1 saturated heterocycles. The van der Waals surface area contributed by atoms with Crippen molar-refractivity contribution in [2.24, 2.45) is 0 Å². The molecule has 2 N–H and O–H groups in total. The number of pyridine rings is 1. The van der Waals surface area contributed by atoms with Crippen LogP contribution in [0.2, 0.25) is 0 Å². The smallest absolute Gasteiger partial charge is 0.335 e. The van der Waals surface area contributed by atoms with Crippen molar-refractivity contribution in [3.63, 3.8) is 0 Å². The Bertz CT molecular complexity index is 1220. The number of aromatic nitrogens is 2. The van der Waals surface area contributed by atoms with E-state index in [0.29, 0.717) is 6.04 Å². The Kier molecular flexibility index (Phi) is 6.13. The molecule has 1 aromatic carbocycles. The summed E-state index contributed by atoms with van der Waals surface area (Å²) in [6, 6.07) is 15.8. The summed E-state index contributed by atoms with van der Waals surface area (Å²) < 4.78 is 2.15. The van der Waals surface area contributed by atoms with Crippen LogP contribution in [0.4, 0.5) is 0 Å². The van der Waals surface area contributed by atoms with Crippen LogP contribution in [0.5, 0.6) is 0 Å². The molecular weight excluding hydrogens is 444 g/mol. The number of hydrogen-bond acceptors (Lipinski definition) is 3. The van der Waals surface area contributed by atoms with E-state index in [2.05, 4.69) is 45.7 Å². The van der Waals surface area contributed by atoms with Crippen molar-refractivity contribution < 1.29 is 9.90 Å². The van der Waals surface area contributed by atoms with Crippen LogP contribution < -0.4 is 5.32 Å². The van der Waals surface area contributed by atoms with Gasteiger partial charge in [-0.25, -0.2) is 4.79 Å². The van der Waals surface area contributed by atoms with E-state index < -0.39 is 5.97 Å². The number of benzene rings is 1. The van der Waals surface area contributed by atoms with Gasteiger partial charge >= 0.3 is 5.97 Å². The van der Waals surface area contributed by atoms with Gasteiger partial charge in [0.15, 0.2) is 5.11 Å². The second kappa shape index (κ2) is 9.22. The molecular formula is C27H30N4O2S. The van der Waals surface area contributed by atoms with Gasteiger partial charge in [-0.05, 0) is 80.9 Å². The van der Waals surface area contributed by atoms with Crippen LogP contribution in [-0.2, 0) is 0 Å². The van der Waals surface area contributed by atoms with E-state index in [1.165, 1.54) is 24.8 Å². The first kappa shape index (κ1) is 22.6. The molecule has 6 nitrogen and oxygen atoms in total. The Morgan fingerprint density at radius 3 is 2.59 bits per heavy atom. The lowest BCUT2D eigenvalue weighted by molar-refractivity contribution is 0.0697. The highest BCUT2D eigenvalue weighted by Gasteiger charge is 2.44. The highest BCUT2D eigenvalue weighted by Crippen LogP contribution is 2.44. The molecule has 2 atom stereocenters. The number of nitrogens with one attached hydrogen (secondary N) is 1. The maximum atomic E-state index is 11.6. The molecule has 0 amide bonds. The van der Waals surface area contributed by atoms with E-state index in [4.69, 9.17) is 12.2 Å². The van der Waals surface area contributed by atoms with Crippen molar-refractivity contribution in [2.75, 3.05) is 0 Å². The van der Waals surface area contributed by atoms with Crippen molar-refractivity contribution in [3.8, 4) is 5.69 Å². The number of aromatic carboxylic acids is 1. The zero-order valence-corrected chi connectivity index (χ0v) is 20.4. The van der Waals surface area contributed by atoms with Crippen molar-refractivity contribution >= 4 is 23.3 Å². The Hall–Kier alpha value is -3.19. The second-order valence-corrected chi connectivity index (χ2v) is 9.73. The van der Waals surface area contributed by atoms with E-state index in [1.807, 2.05) is 24.4 Å². The Morgan fingerprint density at radius 2 is 1.88 bits per heavy atom. The van der Waals surface area contributed by atoms with Gasteiger partial charge in [0.1, 0.15) is 0 Å². The monoisotopic (exact) mass is 474 g/mol. The minimum atomic E-state index is -0.923. The number of nitrogens with zero attached hydrogens (tertiary/aromatic N) is 3. The summed E-state index contributed by atoms with van der Waals surface area (Å²) in [4.78, 5) is 18.7. The first-order valence-corrected chi connectivity index (χ1v) is 12.4. The molecule has 5 rings (SSSR count). The highest BCUT2D eigenvalue weighted by molar-refractivity contribution is 7.80. The fraction of sp³-hybridized carbons (Fsp3) is 0.370. The van der Waals surface area contributed by atoms with Gasteiger partial charge in [-0.1, -0.05) is 31.4 Å². The minimum absolute atomic E-state index is 0.0214. The standard InChI is InChI=1S/C27H30N4O2S/c1-17-15-22(18(2)30(17)21-12-8-9-19(16-21)26(32)33)25-24(23-13-6-7-14-28-23)29-27(34)31(25)20-10-4-3-5-11-20/h6-9,12-16,20,24-25H,3-5,10-11H2,1-2H3,(H,29,34)(H,32,33)/t24-,25-/m1/s1. The van der Waals surface area contributed by atoms with Gasteiger partial charge in [0.25, 0.3) is 0 Å². The summed E-state index contributed by atoms with van der Waals surface area (Å²) in [5.41, 5.74) is 5.48. The van der Waals surface area contributed by atoms with Gasteiger partial charge in [-0.3, -0.25) is 4.98 Å². The van der Waals surface area contributed by atoms with E-state index in [9.17, 15) is 9.90 Å². The largest absolute Gasteiger partial charge is 0.478 e. The number of carboxylic acid groups (broad SMARTS) is 1. The van der Waals surface area contributed by atoms with Gasteiger partial charge in [-0.2, -0.15) is 0 Å². The van der Waals surface area contributed by atoms with Crippen LogP contribution in [0.1, 0.15) is 77.2 Å². The highest BCUT2D eigenvalue weighted by atomic mass is 32.1. The normalized spacial score (nSPS) is 21.0. The maximum Gasteiger partial charge on any atom is 0.335 e. The second-order valence-electron chi connectivity index (χ2n) is 9.34. The molecule has 0 bridgehead atoms. The predicted molar refractivity (Wildman–Crippen MR) is 136 cm³/mol. The number of aryl methyl sites for hydroxylation is 1. The summed E-state index contributed by atoms with van der Waals surface area (Å²) in [7, 11) is 0. The molecule has 176 valence electrons. The Morgan fingerprint density at radius 1 is 1.09 bits per heavy atom. The first-order valence-electron chi connectivity index (χ1n) is 12.0. The van der Waals surface area contributed by atoms with Crippen LogP contribution >= 0.6 is 12.2 Å². The molecule has 2 aliphatic rings. The van der Waals surface area contributed by atoms with E-state index in [1.54, 1.807) is 18.2 Å². The first-order chi connectivity index (χ1) is 16.5. The number of hydrogen-bond donors (Lipinski definition) is 2. The SMILES string of the molecule is Cc1cc([C@@H]2[C@@H](c3ccccn3)NC(=S)N2C2CCCCC2)c(C)n1-c1cccc(C(=O)O)c1. The minimum Gasteiger partial charge on any atom is -0.478 e. The van der Waals surface area contributed by atoms with E-state index >= 15 is 0 Å². The lowest BCUT2D eigenvalue weighted by Crippen LogP contribution is -2.40. The lowest BCUT2D eigenvalue weighted by atomic mass is 9.90. The molecule has 7 heteroatoms. The van der Waals surface area contributed by atoms with Gasteiger partial charge in [0.2, 0.25) is 0 Å². The van der Waals surface area contributed by atoms with Gasteiger partial charge in [0, 0.05) is 29.3 Å². The average molecular weight is 475 g/mol. The molecule has 3 heterocycles. The molecule has 34 heavy (non-hydrogen) atoms. The Labute approximate surface area is 205 Å². The van der Waals surface area contributed by atoms with Crippen molar-refractivity contribution in [1.82, 2.24) is 19.8 Å². The lowest BCUT2D eigenvalue weighted by Gasteiger charge is -2.37. The van der Waals surface area contributed by atoms with Gasteiger partial charge in [0.05, 0.1) is 23.3 Å². The maximum absolute atomic E-state index is 11.6. The van der Waals surface area contributed by atoms with Crippen LogP contribution in [0, 0.1) is 13.8 Å². The van der Waals surface area contributed by atoms with Crippen LogP contribution in [-0.4, -0.2) is 36.7 Å². The van der Waals surface area contributed by atoms with E-state index in [0.717, 1.165) is 40.7 Å². The molecule has 2 aromatic heterocycles. The third kappa shape index (κ3) is 3.98. The van der Waals surface area contributed by atoms with Crippen LogP contribution in [0.3, 0.4) is 0 Å². The number of carbonyl (C=O) groups is 1. The third-order valence-corrected chi connectivity index (χ3v) is 7.57. The fourth-order valence-corrected chi connectivity index (χ4v) is 6.10. The van der Waals surface area contributed by atoms with Gasteiger partial charge < -0.3 is 19.9 Å². The molecule has 0 spiro atoms. The summed E-state index contributed by atoms with van der Waals surface area (Å²) in [6.07, 6.45) is 7.87. The number of thiocarbonyl (C=S) groups is 1. The van der Waals surface area contributed by atoms with Gasteiger partial charge in [-0.15, -0.1) is 0 Å². The molecule has 0 unspecified atom stereocenters. The number of rotatable bonds is 5. The molecule has 2 fully saturated rings.